The number of alkyl halides is 1. The predicted molar refractivity (Wildman–Crippen MR) is 156 cm³/mol. The van der Waals surface area contributed by atoms with Crippen LogP contribution < -0.4 is 5.32 Å². The fourth-order valence-corrected chi connectivity index (χ4v) is 4.87. The summed E-state index contributed by atoms with van der Waals surface area (Å²) in [5.41, 5.74) is 1.24. The summed E-state index contributed by atoms with van der Waals surface area (Å²) in [6, 6.07) is 24.3. The first-order chi connectivity index (χ1) is 19.1. The summed E-state index contributed by atoms with van der Waals surface area (Å²) in [4.78, 5) is 48.9. The van der Waals surface area contributed by atoms with Gasteiger partial charge in [-0.1, -0.05) is 81.6 Å². The standard InChI is InChI=1S/C29H19BrCl2N2O6/c30-25(19-7-4-8-22(15-19)34(38)39)27(26(35)17-5-2-1-3-6-17)40-29(37)18-9-12-21(13-10-18)33-28(36)23-14-11-20(31)16-24(23)32/h1-16,25,27H,(H,33,36)/t25-,27+/m1/s1. The summed E-state index contributed by atoms with van der Waals surface area (Å²) >= 11 is 15.4. The minimum atomic E-state index is -1.34. The highest BCUT2D eigenvalue weighted by atomic mass is 79.9. The van der Waals surface area contributed by atoms with E-state index in [0.29, 0.717) is 21.8 Å². The number of amides is 1. The number of esters is 1. The van der Waals surface area contributed by atoms with Crippen LogP contribution in [-0.2, 0) is 4.74 Å². The maximum atomic E-state index is 13.4. The lowest BCUT2D eigenvalue weighted by atomic mass is 9.99. The third-order valence-corrected chi connectivity index (χ3v) is 7.33. The molecule has 0 aliphatic carbocycles. The largest absolute Gasteiger partial charge is 0.449 e. The minimum absolute atomic E-state index is 0.118. The second-order valence-corrected chi connectivity index (χ2v) is 10.3. The molecule has 0 aliphatic heterocycles. The Morgan fingerprint density at radius 2 is 1.55 bits per heavy atom. The number of nitrogens with one attached hydrogen (secondary N) is 1. The summed E-state index contributed by atoms with van der Waals surface area (Å²) in [7, 11) is 0. The topological polar surface area (TPSA) is 116 Å². The molecule has 0 bridgehead atoms. The Kier molecular flexibility index (Phi) is 9.31. The van der Waals surface area contributed by atoms with Gasteiger partial charge in [0.25, 0.3) is 11.6 Å². The average molecular weight is 642 g/mol. The van der Waals surface area contributed by atoms with Gasteiger partial charge in [0, 0.05) is 28.4 Å². The number of nitro benzene ring substituents is 1. The molecular weight excluding hydrogens is 623 g/mol. The smallest absolute Gasteiger partial charge is 0.338 e. The van der Waals surface area contributed by atoms with Crippen LogP contribution in [0.2, 0.25) is 10.0 Å². The Morgan fingerprint density at radius 3 is 2.20 bits per heavy atom. The van der Waals surface area contributed by atoms with E-state index in [0.717, 1.165) is 0 Å². The molecule has 202 valence electrons. The van der Waals surface area contributed by atoms with Crippen molar-refractivity contribution in [3.63, 3.8) is 0 Å². The van der Waals surface area contributed by atoms with Crippen molar-refractivity contribution < 1.29 is 24.0 Å². The van der Waals surface area contributed by atoms with Crippen LogP contribution in [0.4, 0.5) is 11.4 Å². The number of anilines is 1. The molecule has 40 heavy (non-hydrogen) atoms. The first-order valence-electron chi connectivity index (χ1n) is 11.7. The highest BCUT2D eigenvalue weighted by Crippen LogP contribution is 2.33. The van der Waals surface area contributed by atoms with Crippen molar-refractivity contribution in [3.05, 3.63) is 139 Å². The number of hydrogen-bond donors (Lipinski definition) is 1. The lowest BCUT2D eigenvalue weighted by molar-refractivity contribution is -0.384. The van der Waals surface area contributed by atoms with Crippen LogP contribution in [0.1, 0.15) is 41.5 Å². The molecule has 0 saturated heterocycles. The van der Waals surface area contributed by atoms with Gasteiger partial charge in [-0.3, -0.25) is 19.7 Å². The molecule has 4 aromatic rings. The summed E-state index contributed by atoms with van der Waals surface area (Å²) in [6.07, 6.45) is -1.34. The zero-order chi connectivity index (χ0) is 28.8. The Balaban J connectivity index is 1.54. The molecule has 4 aromatic carbocycles. The number of ether oxygens (including phenoxy) is 1. The third-order valence-electron chi connectivity index (χ3n) is 5.77. The van der Waals surface area contributed by atoms with E-state index in [-0.39, 0.29) is 21.8 Å². The summed E-state index contributed by atoms with van der Waals surface area (Å²) < 4.78 is 5.66. The van der Waals surface area contributed by atoms with E-state index in [1.165, 1.54) is 54.6 Å². The first-order valence-corrected chi connectivity index (χ1v) is 13.4. The number of carbonyl (C=O) groups is 3. The maximum Gasteiger partial charge on any atom is 0.338 e. The van der Waals surface area contributed by atoms with E-state index < -0.39 is 33.5 Å². The van der Waals surface area contributed by atoms with Crippen molar-refractivity contribution in [2.24, 2.45) is 0 Å². The van der Waals surface area contributed by atoms with Gasteiger partial charge < -0.3 is 10.1 Å². The van der Waals surface area contributed by atoms with E-state index in [9.17, 15) is 24.5 Å². The lowest BCUT2D eigenvalue weighted by Gasteiger charge is -2.22. The lowest BCUT2D eigenvalue weighted by Crippen LogP contribution is -2.31. The molecule has 0 spiro atoms. The predicted octanol–water partition coefficient (Wildman–Crippen LogP) is 7.70. The molecule has 4 rings (SSSR count). The average Bonchev–Trinajstić information content (AvgIpc) is 2.96. The van der Waals surface area contributed by atoms with Gasteiger partial charge in [-0.2, -0.15) is 0 Å². The second kappa shape index (κ2) is 12.9. The molecule has 0 saturated carbocycles. The van der Waals surface area contributed by atoms with Crippen molar-refractivity contribution in [1.29, 1.82) is 0 Å². The fourth-order valence-electron chi connectivity index (χ4n) is 3.74. The molecule has 0 aromatic heterocycles. The van der Waals surface area contributed by atoms with Gasteiger partial charge in [-0.15, -0.1) is 0 Å². The van der Waals surface area contributed by atoms with E-state index in [4.69, 9.17) is 27.9 Å². The zero-order valence-corrected chi connectivity index (χ0v) is 23.5. The van der Waals surface area contributed by atoms with Crippen LogP contribution in [0.3, 0.4) is 0 Å². The number of ketones is 1. The third kappa shape index (κ3) is 6.93. The van der Waals surface area contributed by atoms with E-state index in [1.54, 1.807) is 42.5 Å². The Labute approximate surface area is 247 Å². The Bertz CT molecular complexity index is 1580. The van der Waals surface area contributed by atoms with Crippen LogP contribution in [0.5, 0.6) is 0 Å². The SMILES string of the molecule is O=C(O[C@H](C(=O)c1ccccc1)[C@H](Br)c1cccc([N+](=O)[O-])c1)c1ccc(NC(=O)c2ccc(Cl)cc2Cl)cc1. The van der Waals surface area contributed by atoms with Gasteiger partial charge >= 0.3 is 5.97 Å². The van der Waals surface area contributed by atoms with Gasteiger partial charge in [-0.05, 0) is 48.0 Å². The Hall–Kier alpha value is -4.05. The second-order valence-electron chi connectivity index (χ2n) is 8.47. The molecule has 1 N–H and O–H groups in total. The van der Waals surface area contributed by atoms with Crippen molar-refractivity contribution >= 4 is 68.2 Å². The van der Waals surface area contributed by atoms with Gasteiger partial charge in [-0.25, -0.2) is 4.79 Å². The fraction of sp³-hybridized carbons (Fsp3) is 0.0690. The normalized spacial score (nSPS) is 12.2. The Morgan fingerprint density at radius 1 is 0.850 bits per heavy atom. The number of hydrogen-bond acceptors (Lipinski definition) is 6. The van der Waals surface area contributed by atoms with E-state index in [1.807, 2.05) is 0 Å². The van der Waals surface area contributed by atoms with Crippen LogP contribution in [0, 0.1) is 10.1 Å². The van der Waals surface area contributed by atoms with E-state index in [2.05, 4.69) is 21.2 Å². The van der Waals surface area contributed by atoms with Crippen molar-refractivity contribution in [2.45, 2.75) is 10.9 Å². The summed E-state index contributed by atoms with van der Waals surface area (Å²) in [5, 5.41) is 14.5. The van der Waals surface area contributed by atoms with E-state index >= 15 is 0 Å². The molecular formula is C29H19BrCl2N2O6. The quantitative estimate of drug-likeness (QED) is 0.0658. The first kappa shape index (κ1) is 28.9. The molecule has 0 unspecified atom stereocenters. The summed E-state index contributed by atoms with van der Waals surface area (Å²) in [5.74, 6) is -1.77. The number of Topliss-reactive ketones (excluding diaryl/α,β-unsaturated/α-hetero) is 1. The van der Waals surface area contributed by atoms with Gasteiger partial charge in [0.2, 0.25) is 5.78 Å². The zero-order valence-electron chi connectivity index (χ0n) is 20.4. The van der Waals surface area contributed by atoms with Gasteiger partial charge in [0.15, 0.2) is 6.10 Å². The van der Waals surface area contributed by atoms with Crippen LogP contribution in [0.15, 0.2) is 97.1 Å². The number of non-ortho nitro benzene ring substituents is 1. The molecule has 0 fully saturated rings. The molecule has 0 aliphatic rings. The van der Waals surface area contributed by atoms with Crippen LogP contribution in [0.25, 0.3) is 0 Å². The molecule has 0 radical (unpaired) electrons. The summed E-state index contributed by atoms with van der Waals surface area (Å²) in [6.45, 7) is 0. The molecule has 11 heteroatoms. The molecule has 0 heterocycles. The molecule has 1 amide bonds. The van der Waals surface area contributed by atoms with Crippen molar-refractivity contribution in [3.8, 4) is 0 Å². The van der Waals surface area contributed by atoms with Gasteiger partial charge in [0.1, 0.15) is 0 Å². The highest BCUT2D eigenvalue weighted by molar-refractivity contribution is 9.09. The number of benzene rings is 4. The van der Waals surface area contributed by atoms with Gasteiger partial charge in [0.05, 0.1) is 25.9 Å². The number of nitro groups is 1. The number of nitrogens with zero attached hydrogens (tertiary/aromatic N) is 1. The van der Waals surface area contributed by atoms with Crippen LogP contribution in [-0.4, -0.2) is 28.7 Å². The minimum Gasteiger partial charge on any atom is -0.449 e. The van der Waals surface area contributed by atoms with Crippen LogP contribution >= 0.6 is 39.1 Å². The number of carbonyl (C=O) groups excluding carboxylic acids is 3. The number of rotatable bonds is 9. The maximum absolute atomic E-state index is 13.4. The van der Waals surface area contributed by atoms with Crippen molar-refractivity contribution in [1.82, 2.24) is 0 Å². The molecule has 2 atom stereocenters. The highest BCUT2D eigenvalue weighted by Gasteiger charge is 2.33. The number of halogens is 3. The monoisotopic (exact) mass is 640 g/mol. The van der Waals surface area contributed by atoms with Crippen molar-refractivity contribution in [2.75, 3.05) is 5.32 Å². The molecule has 8 nitrogen and oxygen atoms in total.